The van der Waals surface area contributed by atoms with Gasteiger partial charge < -0.3 is 12.4 Å². The number of fused-ring (bicyclic) bond motifs is 1. The van der Waals surface area contributed by atoms with Gasteiger partial charge in [-0.1, -0.05) is 53.6 Å². The number of amides is 1. The molecule has 0 fully saturated rings. The van der Waals surface area contributed by atoms with Crippen LogP contribution in [0.4, 0.5) is 5.13 Å². The third kappa shape index (κ3) is 4.58. The zero-order valence-electron chi connectivity index (χ0n) is 17.5. The van der Waals surface area contributed by atoms with Gasteiger partial charge >= 0.3 is 0 Å². The number of aromatic nitrogens is 3. The molecule has 5 nitrogen and oxygen atoms in total. The second kappa shape index (κ2) is 9.45. The van der Waals surface area contributed by atoms with Gasteiger partial charge in [-0.05, 0) is 25.5 Å². The van der Waals surface area contributed by atoms with Crippen molar-refractivity contribution in [1.82, 2.24) is 9.55 Å². The number of nitrogens with one attached hydrogen (secondary N) is 1. The van der Waals surface area contributed by atoms with E-state index in [9.17, 15) is 4.79 Å². The number of hydrogen-bond acceptors (Lipinski definition) is 3. The molecule has 0 aliphatic carbocycles. The Labute approximate surface area is 202 Å². The van der Waals surface area contributed by atoms with Gasteiger partial charge in [-0.25, -0.2) is 14.1 Å². The van der Waals surface area contributed by atoms with Crippen LogP contribution in [0.2, 0.25) is 5.02 Å². The molecule has 164 valence electrons. The Hall–Kier alpha value is -2.67. The molecule has 0 unspecified atom stereocenters. The molecule has 2 aromatic carbocycles. The number of imidazole rings is 1. The summed E-state index contributed by atoms with van der Waals surface area (Å²) in [6.07, 6.45) is 4.18. The Kier molecular flexibility index (Phi) is 6.65. The van der Waals surface area contributed by atoms with Crippen LogP contribution in [0, 0.1) is 6.92 Å². The minimum atomic E-state index is -0.0715. The zero-order chi connectivity index (χ0) is 21.4. The summed E-state index contributed by atoms with van der Waals surface area (Å²) < 4.78 is 4.41. The predicted octanol–water partition coefficient (Wildman–Crippen LogP) is 2.12. The highest BCUT2D eigenvalue weighted by Crippen LogP contribution is 2.27. The molecule has 1 N–H and O–H groups in total. The lowest BCUT2D eigenvalue weighted by Crippen LogP contribution is -3.00. The van der Waals surface area contributed by atoms with Crippen molar-refractivity contribution in [2.45, 2.75) is 32.9 Å². The van der Waals surface area contributed by atoms with Crippen LogP contribution in [0.1, 0.15) is 17.8 Å². The van der Waals surface area contributed by atoms with E-state index in [0.717, 1.165) is 30.6 Å². The molecular formula is C24H22Cl2N4OS. The molecule has 0 bridgehead atoms. The lowest BCUT2D eigenvalue weighted by molar-refractivity contribution is -0.690. The van der Waals surface area contributed by atoms with Crippen LogP contribution in [-0.4, -0.2) is 15.5 Å². The van der Waals surface area contributed by atoms with Crippen LogP contribution in [0.5, 0.6) is 0 Å². The third-order valence-electron chi connectivity index (χ3n) is 5.55. The summed E-state index contributed by atoms with van der Waals surface area (Å²) in [5.41, 5.74) is 5.39. The van der Waals surface area contributed by atoms with Crippen molar-refractivity contribution >= 4 is 34.0 Å². The van der Waals surface area contributed by atoms with Gasteiger partial charge in [-0.15, -0.1) is 11.3 Å². The lowest BCUT2D eigenvalue weighted by atomic mass is 10.1. The minimum Gasteiger partial charge on any atom is -1.00 e. The Balaban J connectivity index is 0.00000245. The van der Waals surface area contributed by atoms with Crippen molar-refractivity contribution in [2.24, 2.45) is 0 Å². The average Bonchev–Trinajstić information content (AvgIpc) is 3.48. The molecule has 0 radical (unpaired) electrons. The normalized spacial score (nSPS) is 12.3. The summed E-state index contributed by atoms with van der Waals surface area (Å²) in [4.78, 5) is 17.3. The van der Waals surface area contributed by atoms with Gasteiger partial charge in [0.05, 0.1) is 18.7 Å². The fourth-order valence-corrected chi connectivity index (χ4v) is 4.86. The molecule has 5 rings (SSSR count). The molecule has 0 saturated carbocycles. The maximum absolute atomic E-state index is 12.8. The number of halogens is 2. The predicted molar refractivity (Wildman–Crippen MR) is 124 cm³/mol. The molecular weight excluding hydrogens is 463 g/mol. The van der Waals surface area contributed by atoms with Crippen molar-refractivity contribution in [1.29, 1.82) is 0 Å². The number of carbonyl (C=O) groups is 1. The van der Waals surface area contributed by atoms with Gasteiger partial charge in [0, 0.05) is 21.5 Å². The van der Waals surface area contributed by atoms with E-state index in [1.807, 2.05) is 29.6 Å². The van der Waals surface area contributed by atoms with Gasteiger partial charge in [0.2, 0.25) is 0 Å². The van der Waals surface area contributed by atoms with Crippen molar-refractivity contribution in [3.63, 3.8) is 0 Å². The molecule has 0 spiro atoms. The van der Waals surface area contributed by atoms with Gasteiger partial charge in [0.15, 0.2) is 17.4 Å². The zero-order valence-corrected chi connectivity index (χ0v) is 19.8. The molecule has 2 aromatic heterocycles. The summed E-state index contributed by atoms with van der Waals surface area (Å²) in [5, 5.41) is 6.19. The lowest BCUT2D eigenvalue weighted by Gasteiger charge is -2.01. The average molecular weight is 485 g/mol. The van der Waals surface area contributed by atoms with Crippen LogP contribution >= 0.6 is 22.9 Å². The van der Waals surface area contributed by atoms with Crippen molar-refractivity contribution < 1.29 is 21.8 Å². The van der Waals surface area contributed by atoms with Crippen LogP contribution < -0.4 is 22.3 Å². The molecule has 1 aliphatic rings. The second-order valence-corrected chi connectivity index (χ2v) is 9.07. The summed E-state index contributed by atoms with van der Waals surface area (Å²) in [5.74, 6) is 1.13. The van der Waals surface area contributed by atoms with E-state index in [4.69, 9.17) is 11.6 Å². The highest BCUT2D eigenvalue weighted by molar-refractivity contribution is 7.14. The Morgan fingerprint density at radius 3 is 2.62 bits per heavy atom. The van der Waals surface area contributed by atoms with Gasteiger partial charge in [0.1, 0.15) is 6.20 Å². The van der Waals surface area contributed by atoms with Crippen LogP contribution in [0.25, 0.3) is 22.5 Å². The largest absolute Gasteiger partial charge is 1.00 e. The van der Waals surface area contributed by atoms with Crippen LogP contribution in [0.15, 0.2) is 60.1 Å². The van der Waals surface area contributed by atoms with Crippen LogP contribution in [-0.2, 0) is 24.3 Å². The minimum absolute atomic E-state index is 0. The standard InChI is InChI=1S/C24H21ClN4OS.ClH/c1-16-4-6-18(7-5-16)21-13-28(23-3-2-12-29(21)23)14-22(30)27-24-26-20(15-31-24)17-8-10-19(25)11-9-17;/h4-11,13,15H,2-3,12,14H2,1H3;1H. The monoisotopic (exact) mass is 484 g/mol. The van der Waals surface area contributed by atoms with Crippen molar-refractivity contribution in [2.75, 3.05) is 5.32 Å². The number of thiazole rings is 1. The Morgan fingerprint density at radius 1 is 1.16 bits per heavy atom. The molecule has 32 heavy (non-hydrogen) atoms. The molecule has 1 aliphatic heterocycles. The molecule has 3 heterocycles. The summed E-state index contributed by atoms with van der Waals surface area (Å²) in [7, 11) is 0. The Morgan fingerprint density at radius 2 is 1.88 bits per heavy atom. The van der Waals surface area contributed by atoms with E-state index < -0.39 is 0 Å². The quantitative estimate of drug-likeness (QED) is 0.441. The summed E-state index contributed by atoms with van der Waals surface area (Å²) in [6, 6.07) is 16.1. The molecule has 8 heteroatoms. The highest BCUT2D eigenvalue weighted by atomic mass is 35.5. The first kappa shape index (κ1) is 22.5. The number of nitrogens with zero attached hydrogens (tertiary/aromatic N) is 3. The number of aryl methyl sites for hydroxylation is 1. The van der Waals surface area contributed by atoms with Gasteiger partial charge in [-0.2, -0.15) is 0 Å². The van der Waals surface area contributed by atoms with E-state index in [1.165, 1.54) is 34.0 Å². The van der Waals surface area contributed by atoms with E-state index in [-0.39, 0.29) is 24.9 Å². The van der Waals surface area contributed by atoms with E-state index >= 15 is 0 Å². The second-order valence-electron chi connectivity index (χ2n) is 7.77. The molecule has 0 atom stereocenters. The number of anilines is 1. The molecule has 4 aromatic rings. The first-order valence-corrected chi connectivity index (χ1v) is 11.5. The number of carbonyl (C=O) groups excluding carboxylic acids is 1. The smallest absolute Gasteiger partial charge is 0.268 e. The number of rotatable bonds is 5. The van der Waals surface area contributed by atoms with Gasteiger partial charge in [-0.3, -0.25) is 10.1 Å². The number of hydrogen-bond donors (Lipinski definition) is 1. The summed E-state index contributed by atoms with van der Waals surface area (Å²) in [6.45, 7) is 3.36. The maximum atomic E-state index is 12.8. The van der Waals surface area contributed by atoms with E-state index in [0.29, 0.717) is 10.2 Å². The first-order chi connectivity index (χ1) is 15.1. The molecule has 1 amide bonds. The maximum Gasteiger partial charge on any atom is 0.268 e. The fraction of sp³-hybridized carbons (Fsp3) is 0.208. The highest BCUT2D eigenvalue weighted by Gasteiger charge is 2.29. The fourth-order valence-electron chi connectivity index (χ4n) is 4.00. The molecule has 0 saturated heterocycles. The SMILES string of the molecule is Cc1ccc(-c2c[n+](CC(=O)Nc3nc(-c4ccc(Cl)cc4)cs3)c3n2CCC3)cc1.[Cl-]. The third-order valence-corrected chi connectivity index (χ3v) is 6.56. The van der Waals surface area contributed by atoms with Crippen molar-refractivity contribution in [3.8, 4) is 22.5 Å². The summed E-state index contributed by atoms with van der Waals surface area (Å²) >= 11 is 7.39. The number of benzene rings is 2. The topological polar surface area (TPSA) is 50.8 Å². The van der Waals surface area contributed by atoms with E-state index in [1.54, 1.807) is 0 Å². The van der Waals surface area contributed by atoms with Gasteiger partial charge in [0.25, 0.3) is 11.7 Å². The van der Waals surface area contributed by atoms with E-state index in [2.05, 4.69) is 56.8 Å². The first-order valence-electron chi connectivity index (χ1n) is 10.3. The van der Waals surface area contributed by atoms with Crippen LogP contribution in [0.3, 0.4) is 0 Å². The Bertz CT molecular complexity index is 1250. The van der Waals surface area contributed by atoms with Crippen molar-refractivity contribution in [3.05, 3.63) is 76.5 Å².